The number of anilines is 1. The average Bonchev–Trinajstić information content (AvgIpc) is 3.44. The van der Waals surface area contributed by atoms with Crippen molar-refractivity contribution < 1.29 is 17.9 Å². The smallest absolute Gasteiger partial charge is 0.246 e. The lowest BCUT2D eigenvalue weighted by Crippen LogP contribution is -2.48. The first kappa shape index (κ1) is 20.7. The molecule has 0 spiro atoms. The van der Waals surface area contributed by atoms with Gasteiger partial charge in [-0.2, -0.15) is 13.1 Å². The van der Waals surface area contributed by atoms with E-state index in [0.29, 0.717) is 48.4 Å². The summed E-state index contributed by atoms with van der Waals surface area (Å²) in [5.41, 5.74) is 1.60. The number of hydrogen-bond donors (Lipinski definition) is 0. The van der Waals surface area contributed by atoms with E-state index in [0.717, 1.165) is 11.7 Å². The molecule has 2 aromatic carbocycles. The van der Waals surface area contributed by atoms with Crippen LogP contribution in [0.4, 0.5) is 5.69 Å². The molecular weight excluding hydrogens is 424 g/mol. The summed E-state index contributed by atoms with van der Waals surface area (Å²) in [4.78, 5) is 15.1. The van der Waals surface area contributed by atoms with Crippen LogP contribution in [0.3, 0.4) is 0 Å². The molecule has 10 heteroatoms. The van der Waals surface area contributed by atoms with Crippen LogP contribution < -0.4 is 9.64 Å². The van der Waals surface area contributed by atoms with Gasteiger partial charge in [0, 0.05) is 18.8 Å². The van der Waals surface area contributed by atoms with Crippen LogP contribution in [-0.2, 0) is 14.8 Å². The standard InChI is InChI=1S/C20H22N4O4S2/c1-3-23(14-9-11-15(28-2)12-10-14)20(25)17-7-5-13-24(17)30(26,27)18-8-4-6-16-19(18)22-29-21-16/h4,6,8-12,17H,3,5,7,13H2,1-2H3. The highest BCUT2D eigenvalue weighted by Crippen LogP contribution is 2.31. The summed E-state index contributed by atoms with van der Waals surface area (Å²) in [6.45, 7) is 2.60. The second-order valence-electron chi connectivity index (χ2n) is 6.94. The summed E-state index contributed by atoms with van der Waals surface area (Å²) in [6, 6.07) is 11.3. The molecule has 1 unspecified atom stereocenters. The Balaban J connectivity index is 1.66. The van der Waals surface area contributed by atoms with Gasteiger partial charge in [-0.25, -0.2) is 8.42 Å². The van der Waals surface area contributed by atoms with Gasteiger partial charge >= 0.3 is 0 Å². The zero-order valence-corrected chi connectivity index (χ0v) is 18.3. The van der Waals surface area contributed by atoms with Crippen molar-refractivity contribution in [3.63, 3.8) is 0 Å². The zero-order valence-electron chi connectivity index (χ0n) is 16.7. The molecule has 1 aliphatic rings. The third-order valence-electron chi connectivity index (χ3n) is 5.29. The Morgan fingerprint density at radius 2 is 2.00 bits per heavy atom. The van der Waals surface area contributed by atoms with Gasteiger partial charge in [0.15, 0.2) is 0 Å². The molecule has 1 atom stereocenters. The summed E-state index contributed by atoms with van der Waals surface area (Å²) in [5.74, 6) is 0.463. The van der Waals surface area contributed by atoms with Crippen molar-refractivity contribution in [2.75, 3.05) is 25.1 Å². The van der Waals surface area contributed by atoms with E-state index < -0.39 is 16.1 Å². The van der Waals surface area contributed by atoms with Gasteiger partial charge in [-0.15, -0.1) is 0 Å². The normalized spacial score (nSPS) is 17.3. The fourth-order valence-corrected chi connectivity index (χ4v) is 6.20. The molecule has 3 aromatic rings. The molecule has 158 valence electrons. The van der Waals surface area contributed by atoms with Crippen LogP contribution in [0.5, 0.6) is 5.75 Å². The van der Waals surface area contributed by atoms with Gasteiger partial charge in [0.2, 0.25) is 15.9 Å². The SMILES string of the molecule is CCN(C(=O)C1CCCN1S(=O)(=O)c1cccc2nsnc12)c1ccc(OC)cc1. The van der Waals surface area contributed by atoms with E-state index in [1.54, 1.807) is 48.4 Å². The fourth-order valence-electron chi connectivity index (χ4n) is 3.80. The molecule has 1 saturated heterocycles. The lowest BCUT2D eigenvalue weighted by atomic mass is 10.2. The molecule has 0 saturated carbocycles. The number of aromatic nitrogens is 2. The number of carbonyl (C=O) groups is 1. The predicted octanol–water partition coefficient (Wildman–Crippen LogP) is 2.91. The lowest BCUT2D eigenvalue weighted by molar-refractivity contribution is -0.121. The first-order chi connectivity index (χ1) is 14.5. The number of carbonyl (C=O) groups excluding carboxylic acids is 1. The summed E-state index contributed by atoms with van der Waals surface area (Å²) in [7, 11) is -2.31. The monoisotopic (exact) mass is 446 g/mol. The Bertz CT molecular complexity index is 1160. The van der Waals surface area contributed by atoms with Crippen LogP contribution in [0.2, 0.25) is 0 Å². The van der Waals surface area contributed by atoms with Crippen molar-refractivity contribution in [1.29, 1.82) is 0 Å². The van der Waals surface area contributed by atoms with Crippen LogP contribution in [0.15, 0.2) is 47.4 Å². The van der Waals surface area contributed by atoms with Crippen LogP contribution in [0.1, 0.15) is 19.8 Å². The van der Waals surface area contributed by atoms with Gasteiger partial charge in [0.05, 0.1) is 18.8 Å². The number of hydrogen-bond acceptors (Lipinski definition) is 7. The van der Waals surface area contributed by atoms with E-state index >= 15 is 0 Å². The van der Waals surface area contributed by atoms with Gasteiger partial charge < -0.3 is 9.64 Å². The summed E-state index contributed by atoms with van der Waals surface area (Å²) >= 11 is 0.973. The van der Waals surface area contributed by atoms with E-state index in [1.807, 2.05) is 6.92 Å². The van der Waals surface area contributed by atoms with Crippen molar-refractivity contribution in [1.82, 2.24) is 13.1 Å². The molecule has 4 rings (SSSR count). The minimum atomic E-state index is -3.89. The van der Waals surface area contributed by atoms with Gasteiger partial charge in [0.1, 0.15) is 27.7 Å². The molecule has 2 heterocycles. The summed E-state index contributed by atoms with van der Waals surface area (Å²) in [6.07, 6.45) is 1.11. The van der Waals surface area contributed by atoms with Crippen molar-refractivity contribution in [2.24, 2.45) is 0 Å². The highest BCUT2D eigenvalue weighted by atomic mass is 32.2. The van der Waals surface area contributed by atoms with Crippen LogP contribution in [-0.4, -0.2) is 53.6 Å². The van der Waals surface area contributed by atoms with E-state index in [4.69, 9.17) is 4.74 Å². The van der Waals surface area contributed by atoms with Gasteiger partial charge in [-0.1, -0.05) is 6.07 Å². The number of amides is 1. The van der Waals surface area contributed by atoms with Gasteiger partial charge in [-0.05, 0) is 56.2 Å². The molecule has 1 aromatic heterocycles. The van der Waals surface area contributed by atoms with Gasteiger partial charge in [-0.3, -0.25) is 4.79 Å². The first-order valence-electron chi connectivity index (χ1n) is 9.66. The Morgan fingerprint density at radius 3 is 2.70 bits per heavy atom. The van der Waals surface area contributed by atoms with E-state index in [2.05, 4.69) is 8.75 Å². The third kappa shape index (κ3) is 3.55. The molecule has 0 radical (unpaired) electrons. The molecule has 8 nitrogen and oxygen atoms in total. The molecule has 0 N–H and O–H groups in total. The maximum Gasteiger partial charge on any atom is 0.246 e. The predicted molar refractivity (Wildman–Crippen MR) is 115 cm³/mol. The van der Waals surface area contributed by atoms with Crippen LogP contribution in [0, 0.1) is 0 Å². The number of rotatable bonds is 6. The van der Waals surface area contributed by atoms with E-state index in [1.165, 1.54) is 10.4 Å². The number of likely N-dealkylation sites (N-methyl/N-ethyl adjacent to an activating group) is 1. The maximum absolute atomic E-state index is 13.5. The number of ether oxygens (including phenoxy) is 1. The number of nitrogens with zero attached hydrogens (tertiary/aromatic N) is 4. The topological polar surface area (TPSA) is 92.7 Å². The third-order valence-corrected chi connectivity index (χ3v) is 7.77. The molecule has 1 aliphatic heterocycles. The Labute approximate surface area is 179 Å². The molecule has 0 aliphatic carbocycles. The molecule has 30 heavy (non-hydrogen) atoms. The van der Waals surface area contributed by atoms with Crippen LogP contribution in [0.25, 0.3) is 11.0 Å². The molecular formula is C20H22N4O4S2. The zero-order chi connectivity index (χ0) is 21.3. The number of methoxy groups -OCH3 is 1. The van der Waals surface area contributed by atoms with E-state index in [9.17, 15) is 13.2 Å². The summed E-state index contributed by atoms with van der Waals surface area (Å²) < 4.78 is 41.7. The number of benzene rings is 2. The lowest BCUT2D eigenvalue weighted by Gasteiger charge is -2.29. The van der Waals surface area contributed by atoms with E-state index in [-0.39, 0.29) is 10.8 Å². The van der Waals surface area contributed by atoms with Gasteiger partial charge in [0.25, 0.3) is 0 Å². The second kappa shape index (κ2) is 8.29. The minimum Gasteiger partial charge on any atom is -0.497 e. The highest BCUT2D eigenvalue weighted by Gasteiger charge is 2.42. The first-order valence-corrected chi connectivity index (χ1v) is 11.8. The number of fused-ring (bicyclic) bond motifs is 1. The fraction of sp³-hybridized carbons (Fsp3) is 0.350. The van der Waals surface area contributed by atoms with Crippen molar-refractivity contribution in [2.45, 2.75) is 30.7 Å². The largest absolute Gasteiger partial charge is 0.497 e. The number of sulfonamides is 1. The van der Waals surface area contributed by atoms with Crippen molar-refractivity contribution in [3.8, 4) is 5.75 Å². The quantitative estimate of drug-likeness (QED) is 0.578. The molecule has 1 amide bonds. The average molecular weight is 447 g/mol. The van der Waals surface area contributed by atoms with Crippen LogP contribution >= 0.6 is 11.7 Å². The minimum absolute atomic E-state index is 0.0981. The highest BCUT2D eigenvalue weighted by molar-refractivity contribution is 7.89. The maximum atomic E-state index is 13.5. The molecule has 0 bridgehead atoms. The summed E-state index contributed by atoms with van der Waals surface area (Å²) in [5, 5.41) is 0. The Hall–Kier alpha value is -2.56. The second-order valence-corrected chi connectivity index (χ2v) is 9.33. The van der Waals surface area contributed by atoms with Crippen molar-refractivity contribution in [3.05, 3.63) is 42.5 Å². The Kier molecular flexibility index (Phi) is 5.72. The molecule has 1 fully saturated rings. The van der Waals surface area contributed by atoms with Crippen molar-refractivity contribution >= 4 is 44.4 Å². The Morgan fingerprint density at radius 1 is 1.23 bits per heavy atom.